The summed E-state index contributed by atoms with van der Waals surface area (Å²) in [5.74, 6) is 0.748. The lowest BCUT2D eigenvalue weighted by Crippen LogP contribution is -2.26. The van der Waals surface area contributed by atoms with Crippen molar-refractivity contribution in [3.05, 3.63) is 15.9 Å². The van der Waals surface area contributed by atoms with Crippen LogP contribution in [0.25, 0.3) is 0 Å². The summed E-state index contributed by atoms with van der Waals surface area (Å²) in [5, 5.41) is 4.48. The van der Waals surface area contributed by atoms with Gasteiger partial charge in [-0.05, 0) is 48.5 Å². The molecular weight excluding hydrogens is 254 g/mol. The first-order valence-corrected chi connectivity index (χ1v) is 6.40. The molecule has 0 radical (unpaired) electrons. The van der Waals surface area contributed by atoms with Gasteiger partial charge >= 0.3 is 0 Å². The molecule has 84 valence electrons. The van der Waals surface area contributed by atoms with Crippen LogP contribution in [-0.2, 0) is 13.0 Å². The number of hydrogen-bond donors (Lipinski definition) is 1. The van der Waals surface area contributed by atoms with E-state index in [4.69, 9.17) is 5.73 Å². The number of aryl methyl sites for hydroxylation is 2. The third kappa shape index (κ3) is 2.26. The summed E-state index contributed by atoms with van der Waals surface area (Å²) in [4.78, 5) is 0. The molecule has 0 saturated heterocycles. The van der Waals surface area contributed by atoms with Crippen molar-refractivity contribution < 1.29 is 0 Å². The van der Waals surface area contributed by atoms with Crippen molar-refractivity contribution >= 4 is 15.9 Å². The second-order valence-electron chi connectivity index (χ2n) is 4.37. The second-order valence-corrected chi connectivity index (χ2v) is 5.16. The maximum absolute atomic E-state index is 6.15. The molecule has 1 unspecified atom stereocenters. The zero-order valence-corrected chi connectivity index (χ0v) is 10.9. The van der Waals surface area contributed by atoms with Gasteiger partial charge in [0.05, 0.1) is 15.9 Å². The van der Waals surface area contributed by atoms with Crippen LogP contribution in [-0.4, -0.2) is 15.8 Å². The Labute approximate surface area is 99.2 Å². The summed E-state index contributed by atoms with van der Waals surface area (Å²) in [7, 11) is 0. The van der Waals surface area contributed by atoms with Gasteiger partial charge in [0.1, 0.15) is 0 Å². The Bertz CT molecular complexity index is 355. The minimum Gasteiger partial charge on any atom is -0.327 e. The van der Waals surface area contributed by atoms with Crippen LogP contribution in [0.4, 0.5) is 0 Å². The molecule has 0 spiro atoms. The lowest BCUT2D eigenvalue weighted by atomic mass is 10.1. The van der Waals surface area contributed by atoms with Crippen LogP contribution in [0.3, 0.4) is 0 Å². The fourth-order valence-electron chi connectivity index (χ4n) is 1.98. The van der Waals surface area contributed by atoms with E-state index in [0.29, 0.717) is 6.04 Å². The number of halogens is 1. The molecule has 1 aliphatic rings. The number of hydrogen-bond acceptors (Lipinski definition) is 2. The Kier molecular flexibility index (Phi) is 3.16. The van der Waals surface area contributed by atoms with E-state index in [1.165, 1.54) is 18.5 Å². The van der Waals surface area contributed by atoms with Gasteiger partial charge in [-0.2, -0.15) is 5.10 Å². The summed E-state index contributed by atoms with van der Waals surface area (Å²) in [5.41, 5.74) is 8.47. The van der Waals surface area contributed by atoms with Gasteiger partial charge in [-0.1, -0.05) is 0 Å². The highest BCUT2D eigenvalue weighted by atomic mass is 79.9. The van der Waals surface area contributed by atoms with Gasteiger partial charge < -0.3 is 5.73 Å². The molecule has 0 aromatic carbocycles. The fraction of sp³-hybridized carbons (Fsp3) is 0.727. The highest BCUT2D eigenvalue weighted by Crippen LogP contribution is 2.34. The molecule has 0 amide bonds. The minimum atomic E-state index is 0.308. The average molecular weight is 272 g/mol. The van der Waals surface area contributed by atoms with E-state index in [9.17, 15) is 0 Å². The Balaban J connectivity index is 2.17. The van der Waals surface area contributed by atoms with Gasteiger partial charge in [-0.3, -0.25) is 4.68 Å². The lowest BCUT2D eigenvalue weighted by Gasteiger charge is -2.11. The standard InChI is InChI=1S/C11H18BrN3/c1-3-15-10(11(12)7(2)14-15)6-9(13)8-4-5-8/h8-9H,3-6,13H2,1-2H3. The summed E-state index contributed by atoms with van der Waals surface area (Å²) in [6, 6.07) is 0.308. The van der Waals surface area contributed by atoms with Crippen LogP contribution in [0.5, 0.6) is 0 Å². The molecule has 4 heteroatoms. The predicted octanol–water partition coefficient (Wildman–Crippen LogP) is 2.25. The number of rotatable bonds is 4. The molecule has 3 nitrogen and oxygen atoms in total. The first-order chi connectivity index (χ1) is 7.13. The number of aromatic nitrogens is 2. The maximum atomic E-state index is 6.15. The smallest absolute Gasteiger partial charge is 0.0738 e. The zero-order valence-electron chi connectivity index (χ0n) is 9.33. The van der Waals surface area contributed by atoms with Crippen molar-refractivity contribution in [2.24, 2.45) is 11.7 Å². The van der Waals surface area contributed by atoms with E-state index in [1.807, 2.05) is 6.92 Å². The molecule has 2 rings (SSSR count). The summed E-state index contributed by atoms with van der Waals surface area (Å²) in [6.45, 7) is 5.06. The average Bonchev–Trinajstić information content (AvgIpc) is 3.01. The fourth-order valence-corrected chi connectivity index (χ4v) is 2.42. The van der Waals surface area contributed by atoms with Crippen molar-refractivity contribution in [3.63, 3.8) is 0 Å². The Morgan fingerprint density at radius 2 is 2.27 bits per heavy atom. The van der Waals surface area contributed by atoms with Crippen molar-refractivity contribution in [3.8, 4) is 0 Å². The maximum Gasteiger partial charge on any atom is 0.0738 e. The molecule has 1 heterocycles. The number of nitrogens with two attached hydrogens (primary N) is 1. The lowest BCUT2D eigenvalue weighted by molar-refractivity contribution is 0.541. The monoisotopic (exact) mass is 271 g/mol. The Hall–Kier alpha value is -0.350. The highest BCUT2D eigenvalue weighted by molar-refractivity contribution is 9.10. The van der Waals surface area contributed by atoms with E-state index >= 15 is 0 Å². The van der Waals surface area contributed by atoms with Gasteiger partial charge in [0.15, 0.2) is 0 Å². The highest BCUT2D eigenvalue weighted by Gasteiger charge is 2.30. The minimum absolute atomic E-state index is 0.308. The Morgan fingerprint density at radius 3 is 2.80 bits per heavy atom. The molecule has 1 atom stereocenters. The largest absolute Gasteiger partial charge is 0.327 e. The van der Waals surface area contributed by atoms with Crippen molar-refractivity contribution in [2.45, 2.75) is 45.7 Å². The van der Waals surface area contributed by atoms with E-state index in [2.05, 4.69) is 32.6 Å². The van der Waals surface area contributed by atoms with Crippen LogP contribution >= 0.6 is 15.9 Å². The van der Waals surface area contributed by atoms with E-state index < -0.39 is 0 Å². The summed E-state index contributed by atoms with van der Waals surface area (Å²) >= 11 is 3.60. The molecule has 15 heavy (non-hydrogen) atoms. The molecule has 1 aromatic rings. The number of nitrogens with zero attached hydrogens (tertiary/aromatic N) is 2. The van der Waals surface area contributed by atoms with E-state index in [0.717, 1.165) is 29.1 Å². The quantitative estimate of drug-likeness (QED) is 0.913. The molecular formula is C11H18BrN3. The molecule has 1 saturated carbocycles. The molecule has 1 aliphatic carbocycles. The first kappa shape index (κ1) is 11.1. The summed E-state index contributed by atoms with van der Waals surface area (Å²) in [6.07, 6.45) is 3.55. The SMILES string of the molecule is CCn1nc(C)c(Br)c1CC(N)C1CC1. The van der Waals surface area contributed by atoms with Gasteiger partial charge in [-0.25, -0.2) is 0 Å². The van der Waals surface area contributed by atoms with Crippen LogP contribution in [0.1, 0.15) is 31.2 Å². The van der Waals surface area contributed by atoms with Crippen molar-refractivity contribution in [1.29, 1.82) is 0 Å². The van der Waals surface area contributed by atoms with Gasteiger partial charge in [0.25, 0.3) is 0 Å². The topological polar surface area (TPSA) is 43.8 Å². The third-order valence-corrected chi connectivity index (χ3v) is 4.14. The molecule has 0 aliphatic heterocycles. The van der Waals surface area contributed by atoms with Gasteiger partial charge in [0.2, 0.25) is 0 Å². The second kappa shape index (κ2) is 4.26. The predicted molar refractivity (Wildman–Crippen MR) is 64.7 cm³/mol. The summed E-state index contributed by atoms with van der Waals surface area (Å²) < 4.78 is 3.20. The van der Waals surface area contributed by atoms with Crippen LogP contribution in [0.2, 0.25) is 0 Å². The zero-order chi connectivity index (χ0) is 11.0. The Morgan fingerprint density at radius 1 is 1.60 bits per heavy atom. The first-order valence-electron chi connectivity index (χ1n) is 5.60. The van der Waals surface area contributed by atoms with Crippen LogP contribution < -0.4 is 5.73 Å². The van der Waals surface area contributed by atoms with Gasteiger partial charge in [0, 0.05) is 19.0 Å². The van der Waals surface area contributed by atoms with Crippen LogP contribution in [0, 0.1) is 12.8 Å². The normalized spacial score (nSPS) is 18.1. The van der Waals surface area contributed by atoms with E-state index in [1.54, 1.807) is 0 Å². The molecule has 2 N–H and O–H groups in total. The van der Waals surface area contributed by atoms with Crippen molar-refractivity contribution in [1.82, 2.24) is 9.78 Å². The van der Waals surface area contributed by atoms with Crippen molar-refractivity contribution in [2.75, 3.05) is 0 Å². The third-order valence-electron chi connectivity index (χ3n) is 3.11. The van der Waals surface area contributed by atoms with E-state index in [-0.39, 0.29) is 0 Å². The van der Waals surface area contributed by atoms with Crippen LogP contribution in [0.15, 0.2) is 4.47 Å². The molecule has 1 fully saturated rings. The van der Waals surface area contributed by atoms with Gasteiger partial charge in [-0.15, -0.1) is 0 Å². The molecule has 1 aromatic heterocycles. The molecule has 0 bridgehead atoms.